The standard InChI is InChI=1S/C12H25N3O2/c1-9(8-13)12(16)14-10(2)11(3)15-4-6-17-7-5-15/h9-11H,4-8,13H2,1-3H3,(H,14,16). The molecule has 3 unspecified atom stereocenters. The quantitative estimate of drug-likeness (QED) is 0.702. The molecular weight excluding hydrogens is 218 g/mol. The van der Waals surface area contributed by atoms with E-state index in [4.69, 9.17) is 10.5 Å². The van der Waals surface area contributed by atoms with Gasteiger partial charge in [-0.2, -0.15) is 0 Å². The summed E-state index contributed by atoms with van der Waals surface area (Å²) in [5.41, 5.74) is 5.48. The molecule has 0 aromatic heterocycles. The van der Waals surface area contributed by atoms with E-state index < -0.39 is 0 Å². The van der Waals surface area contributed by atoms with Crippen LogP contribution in [0.1, 0.15) is 20.8 Å². The molecule has 5 nitrogen and oxygen atoms in total. The van der Waals surface area contributed by atoms with E-state index in [2.05, 4.69) is 17.1 Å². The van der Waals surface area contributed by atoms with Crippen molar-refractivity contribution < 1.29 is 9.53 Å². The second kappa shape index (κ2) is 6.93. The molecule has 100 valence electrons. The van der Waals surface area contributed by atoms with Crippen LogP contribution in [0.15, 0.2) is 0 Å². The Morgan fingerprint density at radius 1 is 1.35 bits per heavy atom. The van der Waals surface area contributed by atoms with Gasteiger partial charge in [-0.1, -0.05) is 6.92 Å². The van der Waals surface area contributed by atoms with E-state index in [1.54, 1.807) is 0 Å². The van der Waals surface area contributed by atoms with Crippen LogP contribution >= 0.6 is 0 Å². The molecule has 5 heteroatoms. The summed E-state index contributed by atoms with van der Waals surface area (Å²) < 4.78 is 5.32. The smallest absolute Gasteiger partial charge is 0.224 e. The van der Waals surface area contributed by atoms with E-state index >= 15 is 0 Å². The third kappa shape index (κ3) is 4.26. The number of ether oxygens (including phenoxy) is 1. The van der Waals surface area contributed by atoms with E-state index in [0.29, 0.717) is 12.6 Å². The van der Waals surface area contributed by atoms with Crippen LogP contribution in [0.25, 0.3) is 0 Å². The van der Waals surface area contributed by atoms with Crippen molar-refractivity contribution in [1.29, 1.82) is 0 Å². The predicted molar refractivity (Wildman–Crippen MR) is 67.7 cm³/mol. The second-order valence-electron chi connectivity index (χ2n) is 4.82. The topological polar surface area (TPSA) is 67.6 Å². The summed E-state index contributed by atoms with van der Waals surface area (Å²) in [5, 5.41) is 3.03. The molecule has 0 aromatic rings. The first kappa shape index (κ1) is 14.4. The van der Waals surface area contributed by atoms with E-state index in [0.717, 1.165) is 26.3 Å². The lowest BCUT2D eigenvalue weighted by Crippen LogP contribution is -2.53. The molecule has 1 heterocycles. The first-order valence-electron chi connectivity index (χ1n) is 6.38. The minimum Gasteiger partial charge on any atom is -0.379 e. The van der Waals surface area contributed by atoms with Gasteiger partial charge in [-0.05, 0) is 13.8 Å². The van der Waals surface area contributed by atoms with Gasteiger partial charge in [0.2, 0.25) is 5.91 Å². The van der Waals surface area contributed by atoms with Gasteiger partial charge < -0.3 is 15.8 Å². The zero-order chi connectivity index (χ0) is 12.8. The number of carbonyl (C=O) groups is 1. The number of nitrogens with one attached hydrogen (secondary N) is 1. The number of nitrogens with two attached hydrogens (primary N) is 1. The molecule has 1 fully saturated rings. The monoisotopic (exact) mass is 243 g/mol. The van der Waals surface area contributed by atoms with Crippen molar-refractivity contribution in [3.05, 3.63) is 0 Å². The Hall–Kier alpha value is -0.650. The van der Waals surface area contributed by atoms with Crippen LogP contribution in [0.5, 0.6) is 0 Å². The lowest BCUT2D eigenvalue weighted by molar-refractivity contribution is -0.125. The minimum absolute atomic E-state index is 0.0418. The summed E-state index contributed by atoms with van der Waals surface area (Å²) in [6.45, 7) is 9.87. The average Bonchev–Trinajstić information content (AvgIpc) is 2.37. The molecule has 0 spiro atoms. The number of carbonyl (C=O) groups excluding carboxylic acids is 1. The van der Waals surface area contributed by atoms with Crippen molar-refractivity contribution in [3.8, 4) is 0 Å². The Labute approximate surface area is 104 Å². The molecule has 1 rings (SSSR count). The summed E-state index contributed by atoms with van der Waals surface area (Å²) in [7, 11) is 0. The molecule has 3 N–H and O–H groups in total. The number of morpholine rings is 1. The first-order valence-corrected chi connectivity index (χ1v) is 6.38. The summed E-state index contributed by atoms with van der Waals surface area (Å²) in [4.78, 5) is 14.1. The molecule has 0 bridgehead atoms. The first-order chi connectivity index (χ1) is 8.06. The molecular formula is C12H25N3O2. The molecule has 0 saturated carbocycles. The Morgan fingerprint density at radius 3 is 2.47 bits per heavy atom. The van der Waals surface area contributed by atoms with Crippen molar-refractivity contribution in [3.63, 3.8) is 0 Å². The highest BCUT2D eigenvalue weighted by Crippen LogP contribution is 2.08. The highest BCUT2D eigenvalue weighted by molar-refractivity contribution is 5.78. The number of hydrogen-bond donors (Lipinski definition) is 2. The van der Waals surface area contributed by atoms with Gasteiger partial charge in [-0.15, -0.1) is 0 Å². The average molecular weight is 243 g/mol. The Kier molecular flexibility index (Phi) is 5.88. The fourth-order valence-corrected chi connectivity index (χ4v) is 1.90. The van der Waals surface area contributed by atoms with Crippen LogP contribution in [0.3, 0.4) is 0 Å². The van der Waals surface area contributed by atoms with Gasteiger partial charge in [0, 0.05) is 37.6 Å². The van der Waals surface area contributed by atoms with E-state index in [9.17, 15) is 4.79 Å². The number of amides is 1. The van der Waals surface area contributed by atoms with Crippen molar-refractivity contribution in [2.75, 3.05) is 32.8 Å². The van der Waals surface area contributed by atoms with Crippen LogP contribution < -0.4 is 11.1 Å². The van der Waals surface area contributed by atoms with Crippen molar-refractivity contribution in [1.82, 2.24) is 10.2 Å². The van der Waals surface area contributed by atoms with Crippen LogP contribution in [0, 0.1) is 5.92 Å². The Morgan fingerprint density at radius 2 is 1.94 bits per heavy atom. The Bertz CT molecular complexity index is 242. The van der Waals surface area contributed by atoms with Gasteiger partial charge in [0.15, 0.2) is 0 Å². The predicted octanol–water partition coefficient (Wildman–Crippen LogP) is -0.193. The lowest BCUT2D eigenvalue weighted by Gasteiger charge is -2.36. The second-order valence-corrected chi connectivity index (χ2v) is 4.82. The highest BCUT2D eigenvalue weighted by Gasteiger charge is 2.24. The van der Waals surface area contributed by atoms with E-state index in [1.165, 1.54) is 0 Å². The molecule has 0 aliphatic carbocycles. The number of hydrogen-bond acceptors (Lipinski definition) is 4. The maximum absolute atomic E-state index is 11.7. The summed E-state index contributed by atoms with van der Waals surface area (Å²) in [6.07, 6.45) is 0. The summed E-state index contributed by atoms with van der Waals surface area (Å²) >= 11 is 0. The van der Waals surface area contributed by atoms with Crippen LogP contribution in [-0.4, -0.2) is 55.7 Å². The highest BCUT2D eigenvalue weighted by atomic mass is 16.5. The normalized spacial score (nSPS) is 22.8. The molecule has 17 heavy (non-hydrogen) atoms. The fraction of sp³-hybridized carbons (Fsp3) is 0.917. The van der Waals surface area contributed by atoms with E-state index in [1.807, 2.05) is 13.8 Å². The summed E-state index contributed by atoms with van der Waals surface area (Å²) in [6, 6.07) is 0.461. The number of nitrogens with zero attached hydrogens (tertiary/aromatic N) is 1. The van der Waals surface area contributed by atoms with Gasteiger partial charge in [-0.3, -0.25) is 9.69 Å². The van der Waals surface area contributed by atoms with Gasteiger partial charge in [-0.25, -0.2) is 0 Å². The lowest BCUT2D eigenvalue weighted by atomic mass is 10.1. The third-order valence-corrected chi connectivity index (χ3v) is 3.52. The molecule has 0 radical (unpaired) electrons. The Balaban J connectivity index is 2.40. The summed E-state index contributed by atoms with van der Waals surface area (Å²) in [5.74, 6) is -0.0746. The van der Waals surface area contributed by atoms with Crippen molar-refractivity contribution >= 4 is 5.91 Å². The SMILES string of the molecule is CC(CN)C(=O)NC(C)C(C)N1CCOCC1. The van der Waals surface area contributed by atoms with Gasteiger partial charge in [0.1, 0.15) is 0 Å². The maximum Gasteiger partial charge on any atom is 0.224 e. The van der Waals surface area contributed by atoms with E-state index in [-0.39, 0.29) is 17.9 Å². The molecule has 1 amide bonds. The van der Waals surface area contributed by atoms with Crippen molar-refractivity contribution in [2.24, 2.45) is 11.7 Å². The zero-order valence-corrected chi connectivity index (χ0v) is 11.1. The van der Waals surface area contributed by atoms with Gasteiger partial charge >= 0.3 is 0 Å². The minimum atomic E-state index is -0.116. The molecule has 3 atom stereocenters. The maximum atomic E-state index is 11.7. The van der Waals surface area contributed by atoms with Crippen molar-refractivity contribution in [2.45, 2.75) is 32.9 Å². The molecule has 0 aromatic carbocycles. The molecule has 1 aliphatic rings. The fourth-order valence-electron chi connectivity index (χ4n) is 1.90. The van der Waals surface area contributed by atoms with Crippen LogP contribution in [0.2, 0.25) is 0 Å². The molecule has 1 saturated heterocycles. The van der Waals surface area contributed by atoms with Gasteiger partial charge in [0.25, 0.3) is 0 Å². The van der Waals surface area contributed by atoms with Crippen LogP contribution in [-0.2, 0) is 9.53 Å². The van der Waals surface area contributed by atoms with Crippen LogP contribution in [0.4, 0.5) is 0 Å². The zero-order valence-electron chi connectivity index (χ0n) is 11.1. The largest absolute Gasteiger partial charge is 0.379 e. The van der Waals surface area contributed by atoms with Gasteiger partial charge in [0.05, 0.1) is 13.2 Å². The third-order valence-electron chi connectivity index (χ3n) is 3.52. The molecule has 1 aliphatic heterocycles. The number of rotatable bonds is 5.